The van der Waals surface area contributed by atoms with Crippen molar-refractivity contribution >= 4 is 13.8 Å². The van der Waals surface area contributed by atoms with Gasteiger partial charge in [0, 0.05) is 13.0 Å². The van der Waals surface area contributed by atoms with Crippen molar-refractivity contribution in [2.24, 2.45) is 0 Å². The summed E-state index contributed by atoms with van der Waals surface area (Å²) in [7, 11) is -5.01. The van der Waals surface area contributed by atoms with Crippen LogP contribution in [-0.4, -0.2) is 98.9 Å². The summed E-state index contributed by atoms with van der Waals surface area (Å²) in [5.41, 5.74) is 0. The summed E-state index contributed by atoms with van der Waals surface area (Å²) in [6, 6.07) is 0. The lowest BCUT2D eigenvalue weighted by molar-refractivity contribution is -0.220. The average molecular weight is 835 g/mol. The maximum absolute atomic E-state index is 12.8. The number of hydrogen-bond acceptors (Lipinski definition) is 11. The van der Waals surface area contributed by atoms with Gasteiger partial charge < -0.3 is 39.9 Å². The van der Waals surface area contributed by atoms with E-state index in [-0.39, 0.29) is 13.0 Å². The van der Waals surface area contributed by atoms with Crippen LogP contribution in [0.5, 0.6) is 0 Å². The number of hydrogen-bond donors (Lipinski definition) is 6. The highest BCUT2D eigenvalue weighted by molar-refractivity contribution is 7.47. The van der Waals surface area contributed by atoms with E-state index >= 15 is 0 Å². The lowest BCUT2D eigenvalue weighted by Crippen LogP contribution is -2.64. The van der Waals surface area contributed by atoms with E-state index in [0.717, 1.165) is 64.2 Å². The monoisotopic (exact) mass is 835 g/mol. The molecule has 0 spiro atoms. The largest absolute Gasteiger partial charge is 0.472 e. The summed E-state index contributed by atoms with van der Waals surface area (Å²) < 4.78 is 34.1. The van der Waals surface area contributed by atoms with Crippen LogP contribution in [0.1, 0.15) is 187 Å². The van der Waals surface area contributed by atoms with Crippen LogP contribution in [0.15, 0.2) is 24.3 Å². The quantitative estimate of drug-likeness (QED) is 0.0150. The van der Waals surface area contributed by atoms with Gasteiger partial charge in [0.15, 0.2) is 0 Å². The lowest BCUT2D eigenvalue weighted by Gasteiger charge is -2.41. The molecule has 0 saturated heterocycles. The van der Waals surface area contributed by atoms with Crippen LogP contribution >= 0.6 is 7.82 Å². The third-order valence-corrected chi connectivity index (χ3v) is 11.6. The Morgan fingerprint density at radius 3 is 1.53 bits per heavy atom. The molecule has 0 radical (unpaired) electrons. The maximum Gasteiger partial charge on any atom is 0.472 e. The van der Waals surface area contributed by atoms with Crippen molar-refractivity contribution in [2.75, 3.05) is 19.8 Å². The zero-order valence-corrected chi connectivity index (χ0v) is 36.5. The van der Waals surface area contributed by atoms with E-state index < -0.39 is 63.1 Å². The van der Waals surface area contributed by atoms with Crippen LogP contribution in [-0.2, 0) is 27.9 Å². The average Bonchev–Trinajstić information content (AvgIpc) is 3.19. The van der Waals surface area contributed by atoms with E-state index in [4.69, 9.17) is 18.5 Å². The van der Waals surface area contributed by atoms with Gasteiger partial charge in [-0.25, -0.2) is 4.57 Å². The summed E-state index contributed by atoms with van der Waals surface area (Å²) >= 11 is 0. The van der Waals surface area contributed by atoms with Crippen LogP contribution in [0, 0.1) is 0 Å². The molecule has 0 aliphatic heterocycles. The lowest BCUT2D eigenvalue weighted by atomic mass is 9.85. The van der Waals surface area contributed by atoms with Crippen LogP contribution in [0.25, 0.3) is 0 Å². The number of aliphatic hydroxyl groups excluding tert-OH is 5. The zero-order valence-electron chi connectivity index (χ0n) is 35.6. The van der Waals surface area contributed by atoms with Gasteiger partial charge in [-0.05, 0) is 38.5 Å². The molecule has 1 aliphatic carbocycles. The van der Waals surface area contributed by atoms with Gasteiger partial charge in [-0.1, -0.05) is 167 Å². The first-order valence-corrected chi connectivity index (χ1v) is 24.2. The first-order chi connectivity index (χ1) is 27.5. The second kappa shape index (κ2) is 35.6. The van der Waals surface area contributed by atoms with Crippen molar-refractivity contribution in [3.05, 3.63) is 24.3 Å². The zero-order chi connectivity index (χ0) is 42.0. The normalized spacial score (nSPS) is 23.0. The van der Waals surface area contributed by atoms with Crippen molar-refractivity contribution in [3.63, 3.8) is 0 Å². The molecule has 0 aromatic rings. The molecule has 1 saturated carbocycles. The number of ether oxygens (including phenoxy) is 2. The number of unbranched alkanes of at least 4 members (excludes halogenated alkanes) is 22. The Labute approximate surface area is 345 Å². The Bertz CT molecular complexity index is 1040. The van der Waals surface area contributed by atoms with Gasteiger partial charge in [0.1, 0.15) is 42.7 Å². The van der Waals surface area contributed by atoms with Crippen molar-refractivity contribution in [1.82, 2.24) is 0 Å². The molecule has 6 unspecified atom stereocenters. The third-order valence-electron chi connectivity index (χ3n) is 10.6. The standard InChI is InChI=1S/C44H83O12P/c1-3-5-7-9-11-13-15-17-19-21-23-25-27-29-31-33-38(45)55-37(36-54-57(51,52)56-44-42(49)40(47)39(46)41(48)43(44)50)35-53-34-32-30-28-26-24-22-20-18-16-14-12-10-8-6-4-2/h10,12,16,18,37,39-44,46-50H,3-9,11,13-15,17,19-36H2,1-2H3,(H,51,52)/b12-10-,18-16-. The van der Waals surface area contributed by atoms with Crippen LogP contribution < -0.4 is 0 Å². The fourth-order valence-corrected chi connectivity index (χ4v) is 7.87. The number of aliphatic hydroxyl groups is 5. The number of carbonyl (C=O) groups excluding carboxylic acids is 1. The predicted octanol–water partition coefficient (Wildman–Crippen LogP) is 8.92. The second-order valence-corrected chi connectivity index (χ2v) is 17.3. The van der Waals surface area contributed by atoms with E-state index in [1.54, 1.807) is 0 Å². The SMILES string of the molecule is CCCC/C=C\C/C=C\CCCCCCCCOCC(COP(=O)(O)OC1C(O)C(O)C(O)C(O)C1O)OC(=O)CCCCCCCCCCCCCCCCC. The fourth-order valence-electron chi connectivity index (χ4n) is 6.90. The van der Waals surface area contributed by atoms with E-state index in [0.29, 0.717) is 13.0 Å². The van der Waals surface area contributed by atoms with Crippen molar-refractivity contribution in [2.45, 2.75) is 230 Å². The Balaban J connectivity index is 2.41. The first kappa shape index (κ1) is 53.8. The Hall–Kier alpha value is -1.18. The van der Waals surface area contributed by atoms with E-state index in [9.17, 15) is 39.8 Å². The molecule has 0 aromatic carbocycles. The summed E-state index contributed by atoms with van der Waals surface area (Å²) in [5.74, 6) is -0.479. The highest BCUT2D eigenvalue weighted by atomic mass is 31.2. The Kier molecular flexibility index (Phi) is 33.6. The maximum atomic E-state index is 12.8. The first-order valence-electron chi connectivity index (χ1n) is 22.7. The van der Waals surface area contributed by atoms with Gasteiger partial charge in [-0.3, -0.25) is 13.8 Å². The van der Waals surface area contributed by atoms with Gasteiger partial charge in [-0.15, -0.1) is 0 Å². The molecule has 0 bridgehead atoms. The summed E-state index contributed by atoms with van der Waals surface area (Å²) in [5, 5.41) is 50.1. The molecule has 0 heterocycles. The van der Waals surface area contributed by atoms with Crippen LogP contribution in [0.4, 0.5) is 0 Å². The van der Waals surface area contributed by atoms with E-state index in [1.807, 2.05) is 0 Å². The number of esters is 1. The molecular weight excluding hydrogens is 751 g/mol. The highest BCUT2D eigenvalue weighted by Gasteiger charge is 2.51. The van der Waals surface area contributed by atoms with Crippen molar-refractivity contribution in [1.29, 1.82) is 0 Å². The van der Waals surface area contributed by atoms with Gasteiger partial charge in [0.2, 0.25) is 0 Å². The molecular formula is C44H83O12P. The summed E-state index contributed by atoms with van der Waals surface area (Å²) in [6.07, 6.45) is 26.7. The van der Waals surface area contributed by atoms with E-state index in [2.05, 4.69) is 38.2 Å². The molecule has 12 nitrogen and oxygen atoms in total. The number of rotatable bonds is 38. The van der Waals surface area contributed by atoms with Gasteiger partial charge in [0.25, 0.3) is 0 Å². The number of carbonyl (C=O) groups is 1. The molecule has 57 heavy (non-hydrogen) atoms. The second-order valence-electron chi connectivity index (χ2n) is 15.9. The molecule has 1 fully saturated rings. The minimum absolute atomic E-state index is 0.0803. The highest BCUT2D eigenvalue weighted by Crippen LogP contribution is 2.47. The summed E-state index contributed by atoms with van der Waals surface area (Å²) in [6.45, 7) is 4.20. The topological polar surface area (TPSA) is 192 Å². The smallest absolute Gasteiger partial charge is 0.457 e. The minimum Gasteiger partial charge on any atom is -0.457 e. The van der Waals surface area contributed by atoms with Crippen LogP contribution in [0.2, 0.25) is 0 Å². The van der Waals surface area contributed by atoms with E-state index in [1.165, 1.54) is 96.3 Å². The molecule has 1 rings (SSSR count). The number of allylic oxidation sites excluding steroid dienone is 4. The molecule has 6 N–H and O–H groups in total. The van der Waals surface area contributed by atoms with Gasteiger partial charge in [-0.2, -0.15) is 0 Å². The number of phosphoric acid groups is 1. The molecule has 0 amide bonds. The predicted molar refractivity (Wildman–Crippen MR) is 226 cm³/mol. The number of phosphoric ester groups is 1. The van der Waals surface area contributed by atoms with Crippen molar-refractivity contribution in [3.8, 4) is 0 Å². The van der Waals surface area contributed by atoms with Gasteiger partial charge in [0.05, 0.1) is 13.2 Å². The molecule has 336 valence electrons. The third kappa shape index (κ3) is 28.1. The molecule has 1 aliphatic rings. The van der Waals surface area contributed by atoms with Gasteiger partial charge >= 0.3 is 13.8 Å². The molecule has 0 aromatic heterocycles. The summed E-state index contributed by atoms with van der Waals surface area (Å²) in [4.78, 5) is 23.1. The van der Waals surface area contributed by atoms with Crippen LogP contribution in [0.3, 0.4) is 0 Å². The van der Waals surface area contributed by atoms with Crippen molar-refractivity contribution < 1.29 is 58.3 Å². The molecule has 13 heteroatoms. The Morgan fingerprint density at radius 2 is 1.00 bits per heavy atom. The Morgan fingerprint density at radius 1 is 0.561 bits per heavy atom. The molecule has 6 atom stereocenters. The fraction of sp³-hybridized carbons (Fsp3) is 0.886. The minimum atomic E-state index is -5.01.